The van der Waals surface area contributed by atoms with Crippen molar-refractivity contribution in [3.8, 4) is 0 Å². The van der Waals surface area contributed by atoms with E-state index in [4.69, 9.17) is 0 Å². The van der Waals surface area contributed by atoms with E-state index in [9.17, 15) is 18.8 Å². The zero-order chi connectivity index (χ0) is 23.5. The summed E-state index contributed by atoms with van der Waals surface area (Å²) in [4.78, 5) is 38.9. The van der Waals surface area contributed by atoms with Crippen LogP contribution in [0.2, 0.25) is 0 Å². The minimum atomic E-state index is -0.673. The van der Waals surface area contributed by atoms with E-state index in [0.29, 0.717) is 16.9 Å². The summed E-state index contributed by atoms with van der Waals surface area (Å²) in [6.45, 7) is 3.44. The summed E-state index contributed by atoms with van der Waals surface area (Å²) in [5.41, 5.74) is 2.85. The summed E-state index contributed by atoms with van der Waals surface area (Å²) in [7, 11) is 0. The molecule has 4 rings (SSSR count). The Hall–Kier alpha value is -4.26. The third kappa shape index (κ3) is 4.39. The minimum Gasteiger partial charge on any atom is -0.350 e. The van der Waals surface area contributed by atoms with E-state index in [2.05, 4.69) is 10.6 Å². The Kier molecular flexibility index (Phi) is 6.04. The van der Waals surface area contributed by atoms with Crippen molar-refractivity contribution in [2.45, 2.75) is 20.3 Å². The lowest BCUT2D eigenvalue weighted by molar-refractivity contribution is -0.120. The van der Waals surface area contributed by atoms with Gasteiger partial charge in [-0.2, -0.15) is 0 Å². The van der Waals surface area contributed by atoms with Crippen LogP contribution in [-0.4, -0.2) is 17.7 Å². The number of amides is 3. The predicted molar refractivity (Wildman–Crippen MR) is 126 cm³/mol. The van der Waals surface area contributed by atoms with Gasteiger partial charge in [-0.05, 0) is 53.9 Å². The highest BCUT2D eigenvalue weighted by Gasteiger charge is 2.41. The van der Waals surface area contributed by atoms with Crippen LogP contribution in [-0.2, 0) is 20.8 Å². The monoisotopic (exact) mass is 443 g/mol. The second-order valence-corrected chi connectivity index (χ2v) is 7.58. The summed E-state index contributed by atoms with van der Waals surface area (Å²) in [6.07, 6.45) is 0.868. The average molecular weight is 443 g/mol. The SMILES string of the molecule is CCc1ccc(NC2=C(c3ccc(NC(C)=O)cc3)C(=O)N(c3ccccc3F)C2=O)cc1. The van der Waals surface area contributed by atoms with E-state index >= 15 is 0 Å². The summed E-state index contributed by atoms with van der Waals surface area (Å²) in [5, 5.41) is 5.73. The van der Waals surface area contributed by atoms with Gasteiger partial charge in [0.25, 0.3) is 11.8 Å². The zero-order valence-electron chi connectivity index (χ0n) is 18.2. The number of nitrogens with zero attached hydrogens (tertiary/aromatic N) is 1. The Labute approximate surface area is 190 Å². The molecule has 0 unspecified atom stereocenters. The summed E-state index contributed by atoms with van der Waals surface area (Å²) < 4.78 is 14.5. The second-order valence-electron chi connectivity index (χ2n) is 7.58. The normalized spacial score (nSPS) is 13.5. The number of hydrogen-bond donors (Lipinski definition) is 2. The quantitative estimate of drug-likeness (QED) is 0.540. The van der Waals surface area contributed by atoms with Crippen molar-refractivity contribution in [2.24, 2.45) is 0 Å². The van der Waals surface area contributed by atoms with Gasteiger partial charge in [-0.3, -0.25) is 14.4 Å². The number of carbonyl (C=O) groups is 3. The van der Waals surface area contributed by atoms with Crippen LogP contribution in [0.5, 0.6) is 0 Å². The van der Waals surface area contributed by atoms with Crippen LogP contribution in [0.4, 0.5) is 21.5 Å². The van der Waals surface area contributed by atoms with Crippen LogP contribution in [0.3, 0.4) is 0 Å². The first-order valence-electron chi connectivity index (χ1n) is 10.5. The van der Waals surface area contributed by atoms with Crippen molar-refractivity contribution >= 4 is 40.4 Å². The molecular weight excluding hydrogens is 421 g/mol. The maximum absolute atomic E-state index is 14.5. The summed E-state index contributed by atoms with van der Waals surface area (Å²) >= 11 is 0. The van der Waals surface area contributed by atoms with Crippen molar-refractivity contribution in [1.82, 2.24) is 0 Å². The Morgan fingerprint density at radius 1 is 0.879 bits per heavy atom. The van der Waals surface area contributed by atoms with Gasteiger partial charge in [-0.25, -0.2) is 9.29 Å². The molecule has 2 N–H and O–H groups in total. The standard InChI is InChI=1S/C26H22FN3O3/c1-3-17-8-12-20(13-9-17)29-24-23(18-10-14-19(15-11-18)28-16(2)31)25(32)30(26(24)33)22-7-5-4-6-21(22)27/h4-15,29H,3H2,1-2H3,(H,28,31). The highest BCUT2D eigenvalue weighted by Crippen LogP contribution is 2.35. The van der Waals surface area contributed by atoms with Crippen LogP contribution in [0, 0.1) is 5.82 Å². The van der Waals surface area contributed by atoms with Gasteiger partial charge in [0.05, 0.1) is 11.3 Å². The maximum atomic E-state index is 14.5. The number of aryl methyl sites for hydroxylation is 1. The predicted octanol–water partition coefficient (Wildman–Crippen LogP) is 4.74. The molecule has 1 aliphatic heterocycles. The third-order valence-corrected chi connectivity index (χ3v) is 5.30. The molecule has 0 bridgehead atoms. The van der Waals surface area contributed by atoms with Crippen molar-refractivity contribution in [3.05, 3.63) is 95.4 Å². The highest BCUT2D eigenvalue weighted by atomic mass is 19.1. The van der Waals surface area contributed by atoms with Crippen molar-refractivity contribution < 1.29 is 18.8 Å². The molecule has 0 aromatic heterocycles. The molecule has 1 aliphatic rings. The number of halogens is 1. The van der Waals surface area contributed by atoms with Crippen LogP contribution in [0.25, 0.3) is 5.57 Å². The first-order valence-corrected chi connectivity index (χ1v) is 10.5. The fourth-order valence-electron chi connectivity index (χ4n) is 3.66. The number of imide groups is 1. The van der Waals surface area contributed by atoms with Gasteiger partial charge in [0.2, 0.25) is 5.91 Å². The molecule has 3 aromatic carbocycles. The second kappa shape index (κ2) is 9.08. The Balaban J connectivity index is 1.78. The van der Waals surface area contributed by atoms with Gasteiger partial charge in [0.15, 0.2) is 0 Å². The van der Waals surface area contributed by atoms with Gasteiger partial charge >= 0.3 is 0 Å². The number of para-hydroxylation sites is 1. The van der Waals surface area contributed by atoms with E-state index in [-0.39, 0.29) is 22.9 Å². The molecule has 0 atom stereocenters. The molecule has 6 nitrogen and oxygen atoms in total. The smallest absolute Gasteiger partial charge is 0.282 e. The zero-order valence-corrected chi connectivity index (χ0v) is 18.2. The van der Waals surface area contributed by atoms with Crippen molar-refractivity contribution in [1.29, 1.82) is 0 Å². The molecule has 3 aromatic rings. The van der Waals surface area contributed by atoms with Gasteiger partial charge in [-0.1, -0.05) is 43.3 Å². The molecule has 0 aliphatic carbocycles. The van der Waals surface area contributed by atoms with E-state index in [1.54, 1.807) is 30.3 Å². The average Bonchev–Trinajstić information content (AvgIpc) is 3.04. The van der Waals surface area contributed by atoms with Crippen molar-refractivity contribution in [2.75, 3.05) is 15.5 Å². The van der Waals surface area contributed by atoms with E-state index < -0.39 is 17.6 Å². The van der Waals surface area contributed by atoms with Crippen molar-refractivity contribution in [3.63, 3.8) is 0 Å². The van der Waals surface area contributed by atoms with Gasteiger partial charge in [0, 0.05) is 18.3 Å². The van der Waals surface area contributed by atoms with Gasteiger partial charge in [-0.15, -0.1) is 0 Å². The lowest BCUT2D eigenvalue weighted by Crippen LogP contribution is -2.33. The molecule has 0 radical (unpaired) electrons. The molecule has 7 heteroatoms. The number of rotatable bonds is 6. The summed E-state index contributed by atoms with van der Waals surface area (Å²) in [6, 6.07) is 19.7. The third-order valence-electron chi connectivity index (χ3n) is 5.30. The lowest BCUT2D eigenvalue weighted by atomic mass is 10.0. The minimum absolute atomic E-state index is 0.0554. The summed E-state index contributed by atoms with van der Waals surface area (Å²) in [5.74, 6) is -2.18. The van der Waals surface area contributed by atoms with E-state index in [1.165, 1.54) is 25.1 Å². The van der Waals surface area contributed by atoms with E-state index in [1.807, 2.05) is 31.2 Å². The molecule has 33 heavy (non-hydrogen) atoms. The first kappa shape index (κ1) is 22.0. The molecular formula is C26H22FN3O3. The fourth-order valence-corrected chi connectivity index (χ4v) is 3.66. The molecule has 0 saturated heterocycles. The number of anilines is 3. The molecule has 1 heterocycles. The Morgan fingerprint density at radius 2 is 1.52 bits per heavy atom. The van der Waals surface area contributed by atoms with Crippen LogP contribution in [0.15, 0.2) is 78.5 Å². The number of hydrogen-bond acceptors (Lipinski definition) is 4. The maximum Gasteiger partial charge on any atom is 0.282 e. The topological polar surface area (TPSA) is 78.5 Å². The lowest BCUT2D eigenvalue weighted by Gasteiger charge is -2.16. The van der Waals surface area contributed by atoms with Crippen LogP contribution in [0.1, 0.15) is 25.0 Å². The number of carbonyl (C=O) groups excluding carboxylic acids is 3. The fraction of sp³-hybridized carbons (Fsp3) is 0.115. The first-order chi connectivity index (χ1) is 15.9. The Bertz CT molecular complexity index is 1260. The number of benzene rings is 3. The number of nitrogens with one attached hydrogen (secondary N) is 2. The van der Waals surface area contributed by atoms with Gasteiger partial charge in [0.1, 0.15) is 11.5 Å². The molecule has 0 saturated carbocycles. The van der Waals surface area contributed by atoms with Crippen LogP contribution >= 0.6 is 0 Å². The highest BCUT2D eigenvalue weighted by molar-refractivity contribution is 6.46. The largest absolute Gasteiger partial charge is 0.350 e. The van der Waals surface area contributed by atoms with Crippen LogP contribution < -0.4 is 15.5 Å². The van der Waals surface area contributed by atoms with Gasteiger partial charge < -0.3 is 10.6 Å². The molecule has 0 fully saturated rings. The molecule has 3 amide bonds. The molecule has 166 valence electrons. The Morgan fingerprint density at radius 3 is 2.12 bits per heavy atom. The molecule has 0 spiro atoms. The van der Waals surface area contributed by atoms with E-state index in [0.717, 1.165) is 16.9 Å².